The van der Waals surface area contributed by atoms with Crippen molar-refractivity contribution in [1.82, 2.24) is 15.5 Å². The Balaban J connectivity index is 2.21. The lowest BCUT2D eigenvalue weighted by atomic mass is 10.3. The van der Waals surface area contributed by atoms with E-state index in [2.05, 4.69) is 41.5 Å². The molecule has 0 amide bonds. The molecular weight excluding hydrogens is 164 g/mol. The molecule has 4 heteroatoms. The molecule has 0 aromatic heterocycles. The van der Waals surface area contributed by atoms with Crippen molar-refractivity contribution in [1.29, 1.82) is 0 Å². The normalized spacial score (nSPS) is 19.2. The Morgan fingerprint density at radius 1 is 1.62 bits per heavy atom. The average molecular weight is 184 g/mol. The topological polar surface area (TPSA) is 39.7 Å². The van der Waals surface area contributed by atoms with E-state index >= 15 is 0 Å². The van der Waals surface area contributed by atoms with Crippen molar-refractivity contribution in [3.63, 3.8) is 0 Å². The summed E-state index contributed by atoms with van der Waals surface area (Å²) in [4.78, 5) is 6.53. The van der Waals surface area contributed by atoms with E-state index < -0.39 is 0 Å². The molecule has 0 radical (unpaired) electrons. The van der Waals surface area contributed by atoms with Crippen LogP contribution in [-0.4, -0.2) is 50.6 Å². The summed E-state index contributed by atoms with van der Waals surface area (Å²) in [6.45, 7) is 5.13. The van der Waals surface area contributed by atoms with Crippen molar-refractivity contribution in [2.24, 2.45) is 4.99 Å². The molecule has 1 aliphatic heterocycles. The molecule has 2 N–H and O–H groups in total. The smallest absolute Gasteiger partial charge is 0.191 e. The molecule has 0 bridgehead atoms. The van der Waals surface area contributed by atoms with Crippen LogP contribution in [0.25, 0.3) is 0 Å². The third-order valence-corrected chi connectivity index (χ3v) is 2.34. The molecule has 1 atom stereocenters. The van der Waals surface area contributed by atoms with Gasteiger partial charge in [0.05, 0.1) is 0 Å². The Bertz CT molecular complexity index is 176. The van der Waals surface area contributed by atoms with Gasteiger partial charge in [0.2, 0.25) is 0 Å². The predicted molar refractivity (Wildman–Crippen MR) is 56.1 cm³/mol. The summed E-state index contributed by atoms with van der Waals surface area (Å²) in [5.74, 6) is 0.958. The summed E-state index contributed by atoms with van der Waals surface area (Å²) in [6.07, 6.45) is 1.15. The van der Waals surface area contributed by atoms with Crippen LogP contribution in [0.15, 0.2) is 4.99 Å². The van der Waals surface area contributed by atoms with E-state index in [1.165, 1.54) is 0 Å². The van der Waals surface area contributed by atoms with Gasteiger partial charge in [0.15, 0.2) is 5.96 Å². The molecule has 1 heterocycles. The van der Waals surface area contributed by atoms with Gasteiger partial charge in [-0.25, -0.2) is 0 Å². The van der Waals surface area contributed by atoms with Crippen molar-refractivity contribution in [2.45, 2.75) is 19.4 Å². The van der Waals surface area contributed by atoms with Gasteiger partial charge in [-0.15, -0.1) is 0 Å². The van der Waals surface area contributed by atoms with Crippen LogP contribution >= 0.6 is 0 Å². The van der Waals surface area contributed by atoms with Crippen LogP contribution in [0.2, 0.25) is 0 Å². The number of hydrogen-bond acceptors (Lipinski definition) is 4. The molecule has 0 spiro atoms. The SMILES string of the molecule is CC(CNC1=NCCCN1)N(C)C. The molecule has 0 aromatic rings. The molecule has 13 heavy (non-hydrogen) atoms. The number of hydrogen-bond donors (Lipinski definition) is 2. The maximum absolute atomic E-state index is 4.34. The van der Waals surface area contributed by atoms with Crippen LogP contribution < -0.4 is 10.6 Å². The van der Waals surface area contributed by atoms with Crippen molar-refractivity contribution >= 4 is 5.96 Å². The zero-order chi connectivity index (χ0) is 9.68. The standard InChI is InChI=1S/C9H20N4/c1-8(13(2)3)7-12-9-10-5-4-6-11-9/h8H,4-7H2,1-3H3,(H2,10,11,12). The molecule has 0 fully saturated rings. The fourth-order valence-electron chi connectivity index (χ4n) is 1.08. The van der Waals surface area contributed by atoms with E-state index in [0.29, 0.717) is 6.04 Å². The Kier molecular flexibility index (Phi) is 4.02. The molecular formula is C9H20N4. The fourth-order valence-corrected chi connectivity index (χ4v) is 1.08. The van der Waals surface area contributed by atoms with Gasteiger partial charge >= 0.3 is 0 Å². The predicted octanol–water partition coefficient (Wildman–Crippen LogP) is -0.125. The van der Waals surface area contributed by atoms with Crippen molar-refractivity contribution in [3.05, 3.63) is 0 Å². The first-order valence-electron chi connectivity index (χ1n) is 4.89. The second-order valence-corrected chi connectivity index (χ2v) is 3.70. The van der Waals surface area contributed by atoms with Crippen molar-refractivity contribution in [3.8, 4) is 0 Å². The summed E-state index contributed by atoms with van der Waals surface area (Å²) < 4.78 is 0. The molecule has 1 aliphatic rings. The first-order chi connectivity index (χ1) is 6.20. The first kappa shape index (κ1) is 10.3. The minimum Gasteiger partial charge on any atom is -0.356 e. The van der Waals surface area contributed by atoms with Gasteiger partial charge < -0.3 is 15.5 Å². The molecule has 4 nitrogen and oxygen atoms in total. The zero-order valence-corrected chi connectivity index (χ0v) is 8.80. The van der Waals surface area contributed by atoms with Gasteiger partial charge in [0.25, 0.3) is 0 Å². The Morgan fingerprint density at radius 3 is 2.92 bits per heavy atom. The van der Waals surface area contributed by atoms with E-state index in [9.17, 15) is 0 Å². The highest BCUT2D eigenvalue weighted by Gasteiger charge is 2.07. The van der Waals surface area contributed by atoms with Crippen LogP contribution in [-0.2, 0) is 0 Å². The fraction of sp³-hybridized carbons (Fsp3) is 0.889. The van der Waals surface area contributed by atoms with Crippen LogP contribution in [0.4, 0.5) is 0 Å². The van der Waals surface area contributed by atoms with Gasteiger partial charge in [-0.2, -0.15) is 0 Å². The second-order valence-electron chi connectivity index (χ2n) is 3.70. The molecule has 76 valence electrons. The van der Waals surface area contributed by atoms with Gasteiger partial charge in [-0.1, -0.05) is 0 Å². The largest absolute Gasteiger partial charge is 0.356 e. The number of rotatable bonds is 3. The number of nitrogens with one attached hydrogen (secondary N) is 2. The van der Waals surface area contributed by atoms with Crippen LogP contribution in [0.5, 0.6) is 0 Å². The number of nitrogens with zero attached hydrogens (tertiary/aromatic N) is 2. The molecule has 0 saturated heterocycles. The lowest BCUT2D eigenvalue weighted by Gasteiger charge is -2.22. The second kappa shape index (κ2) is 5.07. The molecule has 1 rings (SSSR count). The minimum absolute atomic E-state index is 0.534. The van der Waals surface area contributed by atoms with Gasteiger partial charge in [0, 0.05) is 25.7 Å². The zero-order valence-electron chi connectivity index (χ0n) is 8.80. The Hall–Kier alpha value is -0.770. The van der Waals surface area contributed by atoms with Crippen molar-refractivity contribution < 1.29 is 0 Å². The van der Waals surface area contributed by atoms with E-state index in [1.807, 2.05) is 0 Å². The highest BCUT2D eigenvalue weighted by Crippen LogP contribution is 1.90. The van der Waals surface area contributed by atoms with Gasteiger partial charge in [-0.05, 0) is 27.4 Å². The molecule has 0 aliphatic carbocycles. The number of aliphatic imine (C=N–C) groups is 1. The van der Waals surface area contributed by atoms with E-state index in [1.54, 1.807) is 0 Å². The highest BCUT2D eigenvalue weighted by molar-refractivity contribution is 5.80. The number of guanidine groups is 1. The van der Waals surface area contributed by atoms with Crippen LogP contribution in [0.1, 0.15) is 13.3 Å². The van der Waals surface area contributed by atoms with E-state index in [4.69, 9.17) is 0 Å². The lowest BCUT2D eigenvalue weighted by Crippen LogP contribution is -2.45. The van der Waals surface area contributed by atoms with Crippen LogP contribution in [0.3, 0.4) is 0 Å². The summed E-state index contributed by atoms with van der Waals surface area (Å²) in [5, 5.41) is 6.53. The molecule has 0 aromatic carbocycles. The van der Waals surface area contributed by atoms with Gasteiger partial charge in [0.1, 0.15) is 0 Å². The van der Waals surface area contributed by atoms with E-state index in [0.717, 1.165) is 32.0 Å². The third kappa shape index (κ3) is 3.63. The first-order valence-corrected chi connectivity index (χ1v) is 4.89. The number of likely N-dealkylation sites (N-methyl/N-ethyl adjacent to an activating group) is 1. The van der Waals surface area contributed by atoms with Crippen LogP contribution in [0, 0.1) is 0 Å². The summed E-state index contributed by atoms with van der Waals surface area (Å²) in [7, 11) is 4.17. The quantitative estimate of drug-likeness (QED) is 0.642. The molecule has 1 unspecified atom stereocenters. The maximum atomic E-state index is 4.34. The third-order valence-electron chi connectivity index (χ3n) is 2.34. The summed E-state index contributed by atoms with van der Waals surface area (Å²) >= 11 is 0. The maximum Gasteiger partial charge on any atom is 0.191 e. The van der Waals surface area contributed by atoms with Crippen molar-refractivity contribution in [2.75, 3.05) is 33.7 Å². The highest BCUT2D eigenvalue weighted by atomic mass is 15.2. The average Bonchev–Trinajstić information content (AvgIpc) is 2.15. The minimum atomic E-state index is 0.534. The Morgan fingerprint density at radius 2 is 2.38 bits per heavy atom. The van der Waals surface area contributed by atoms with Gasteiger partial charge in [-0.3, -0.25) is 4.99 Å². The summed E-state index contributed by atoms with van der Waals surface area (Å²) in [5.41, 5.74) is 0. The summed E-state index contributed by atoms with van der Waals surface area (Å²) in [6, 6.07) is 0.534. The monoisotopic (exact) mass is 184 g/mol. The van der Waals surface area contributed by atoms with E-state index in [-0.39, 0.29) is 0 Å². The lowest BCUT2D eigenvalue weighted by molar-refractivity contribution is 0.312. The molecule has 0 saturated carbocycles. The Labute approximate surface area is 80.4 Å².